The first kappa shape index (κ1) is 23.6. The van der Waals surface area contributed by atoms with Crippen molar-refractivity contribution in [1.29, 1.82) is 0 Å². The number of halogens is 4. The molecule has 0 saturated carbocycles. The van der Waals surface area contributed by atoms with Crippen LogP contribution in [0.3, 0.4) is 0 Å². The van der Waals surface area contributed by atoms with Crippen molar-refractivity contribution in [3.05, 3.63) is 53.8 Å². The van der Waals surface area contributed by atoms with Gasteiger partial charge in [-0.15, -0.1) is 4.72 Å². The summed E-state index contributed by atoms with van der Waals surface area (Å²) in [4.78, 5) is 2.04. The molecule has 1 aliphatic heterocycles. The van der Waals surface area contributed by atoms with Gasteiger partial charge in [0.2, 0.25) is 0 Å². The molecule has 1 saturated heterocycles. The third-order valence-electron chi connectivity index (χ3n) is 5.11. The van der Waals surface area contributed by atoms with Crippen LogP contribution < -0.4 is 9.46 Å². The molecule has 0 amide bonds. The van der Waals surface area contributed by atoms with E-state index in [9.17, 15) is 26.3 Å². The number of hydrogen-bond acceptors (Lipinski definition) is 4. The highest BCUT2D eigenvalue weighted by Crippen LogP contribution is 2.31. The number of sulfonamides is 1. The smallest absolute Gasteiger partial charge is 0.393 e. The van der Waals surface area contributed by atoms with Gasteiger partial charge in [0.05, 0.1) is 19.6 Å². The van der Waals surface area contributed by atoms with Crippen molar-refractivity contribution in [1.82, 2.24) is 9.62 Å². The zero-order valence-electron chi connectivity index (χ0n) is 17.0. The molecule has 0 bridgehead atoms. The number of benzene rings is 2. The number of hydrogen-bond donors (Lipinski definition) is 1. The quantitative estimate of drug-likeness (QED) is 0.475. The van der Waals surface area contributed by atoms with E-state index in [1.54, 1.807) is 6.07 Å². The SMILES string of the molecule is COc1ccc(F)cc1-c1ccc(CN2CCC(N[S+](=O)([O-])CCC(F)(F)F)C2)cc1. The molecular formula is C21H24F4N2O3S. The lowest BCUT2D eigenvalue weighted by Crippen LogP contribution is -2.43. The lowest BCUT2D eigenvalue weighted by atomic mass is 10.0. The molecule has 1 fully saturated rings. The number of nitrogens with one attached hydrogen (secondary N) is 1. The maximum absolute atomic E-state index is 13.6. The Bertz CT molecular complexity index is 937. The van der Waals surface area contributed by atoms with Crippen molar-refractivity contribution in [2.45, 2.75) is 31.6 Å². The minimum Gasteiger partial charge on any atom is -0.598 e. The lowest BCUT2D eigenvalue weighted by Gasteiger charge is -2.21. The molecule has 1 heterocycles. The molecule has 31 heavy (non-hydrogen) atoms. The van der Waals surface area contributed by atoms with Gasteiger partial charge in [-0.2, -0.15) is 13.2 Å². The van der Waals surface area contributed by atoms with Gasteiger partial charge in [0.15, 0.2) is 0 Å². The number of nitrogens with zero attached hydrogens (tertiary/aromatic N) is 1. The molecule has 0 radical (unpaired) electrons. The van der Waals surface area contributed by atoms with E-state index in [-0.39, 0.29) is 5.82 Å². The molecule has 5 nitrogen and oxygen atoms in total. The van der Waals surface area contributed by atoms with Crippen molar-refractivity contribution in [2.24, 2.45) is 0 Å². The minimum absolute atomic E-state index is 0.360. The summed E-state index contributed by atoms with van der Waals surface area (Å²) in [7, 11) is -2.46. The summed E-state index contributed by atoms with van der Waals surface area (Å²) in [5.74, 6) is -0.757. The average Bonchev–Trinajstić information content (AvgIpc) is 3.12. The van der Waals surface area contributed by atoms with Gasteiger partial charge in [0, 0.05) is 25.2 Å². The van der Waals surface area contributed by atoms with Gasteiger partial charge in [0.25, 0.3) is 0 Å². The number of methoxy groups -OCH3 is 1. The Morgan fingerprint density at radius 1 is 1.23 bits per heavy atom. The molecule has 2 aromatic carbocycles. The molecule has 2 unspecified atom stereocenters. The van der Waals surface area contributed by atoms with Crippen LogP contribution in [-0.2, 0) is 21.2 Å². The summed E-state index contributed by atoms with van der Waals surface area (Å²) < 4.78 is 81.9. The Labute approximate surface area is 179 Å². The van der Waals surface area contributed by atoms with Crippen molar-refractivity contribution >= 4 is 10.4 Å². The number of rotatable bonds is 8. The van der Waals surface area contributed by atoms with Gasteiger partial charge >= 0.3 is 6.18 Å². The van der Waals surface area contributed by atoms with Crippen molar-refractivity contribution in [2.75, 3.05) is 26.0 Å². The van der Waals surface area contributed by atoms with Gasteiger partial charge in [0.1, 0.15) is 27.7 Å². The molecule has 0 spiro atoms. The predicted octanol–water partition coefficient (Wildman–Crippen LogP) is 4.16. The topological polar surface area (TPSA) is 64.6 Å². The Balaban J connectivity index is 1.56. The fourth-order valence-electron chi connectivity index (χ4n) is 3.59. The second kappa shape index (κ2) is 9.64. The van der Waals surface area contributed by atoms with E-state index < -0.39 is 34.8 Å². The van der Waals surface area contributed by atoms with Crippen LogP contribution in [-0.4, -0.2) is 47.6 Å². The van der Waals surface area contributed by atoms with Crippen molar-refractivity contribution in [3.8, 4) is 16.9 Å². The molecule has 1 aliphatic rings. The van der Waals surface area contributed by atoms with E-state index in [1.165, 1.54) is 19.2 Å². The Morgan fingerprint density at radius 3 is 2.58 bits per heavy atom. The standard InChI is InChI=1S/C21H24F4N2O3S/c1-30-20-7-6-17(22)12-19(20)16-4-2-15(3-5-16)13-27-10-8-18(14-27)26-31(28,29)11-9-21(23,24)25/h2-7,12,18H,8-11,13-14H2,1H3,(H-,26,28,29). The third kappa shape index (κ3) is 6.99. The molecule has 1 N–H and O–H groups in total. The van der Waals surface area contributed by atoms with E-state index in [2.05, 4.69) is 4.72 Å². The van der Waals surface area contributed by atoms with Crippen LogP contribution in [0.25, 0.3) is 11.1 Å². The monoisotopic (exact) mass is 460 g/mol. The number of alkyl halides is 3. The maximum atomic E-state index is 13.6. The van der Waals surface area contributed by atoms with Gasteiger partial charge in [-0.05, 0) is 35.7 Å². The molecule has 2 atom stereocenters. The maximum Gasteiger partial charge on any atom is 0.393 e. The molecule has 0 aromatic heterocycles. The van der Waals surface area contributed by atoms with E-state index in [0.29, 0.717) is 37.4 Å². The van der Waals surface area contributed by atoms with Crippen LogP contribution >= 0.6 is 0 Å². The van der Waals surface area contributed by atoms with Gasteiger partial charge < -0.3 is 9.29 Å². The summed E-state index contributed by atoms with van der Waals surface area (Å²) >= 11 is 0. The first-order valence-electron chi connectivity index (χ1n) is 9.76. The summed E-state index contributed by atoms with van der Waals surface area (Å²) in [5.41, 5.74) is 2.43. The second-order valence-electron chi connectivity index (χ2n) is 7.56. The van der Waals surface area contributed by atoms with Gasteiger partial charge in [-0.25, -0.2) is 4.39 Å². The lowest BCUT2D eigenvalue weighted by molar-refractivity contribution is -0.130. The average molecular weight is 460 g/mol. The molecule has 3 rings (SSSR count). The van der Waals surface area contributed by atoms with Crippen molar-refractivity contribution < 1.29 is 31.1 Å². The van der Waals surface area contributed by atoms with E-state index in [4.69, 9.17) is 4.74 Å². The Kier molecular flexibility index (Phi) is 7.35. The van der Waals surface area contributed by atoms with Crippen LogP contribution in [0.4, 0.5) is 17.6 Å². The highest BCUT2D eigenvalue weighted by molar-refractivity contribution is 7.95. The van der Waals surface area contributed by atoms with E-state index in [1.807, 2.05) is 29.2 Å². The van der Waals surface area contributed by atoms with Gasteiger partial charge in [-0.3, -0.25) is 4.90 Å². The number of ether oxygens (including phenoxy) is 1. The second-order valence-corrected chi connectivity index (χ2v) is 9.44. The van der Waals surface area contributed by atoms with E-state index >= 15 is 0 Å². The fraction of sp³-hybridized carbons (Fsp3) is 0.429. The molecule has 10 heteroatoms. The first-order chi connectivity index (χ1) is 14.5. The van der Waals surface area contributed by atoms with Crippen LogP contribution in [0.5, 0.6) is 5.75 Å². The van der Waals surface area contributed by atoms with Gasteiger partial charge in [-0.1, -0.05) is 28.5 Å². The van der Waals surface area contributed by atoms with Crippen molar-refractivity contribution in [3.63, 3.8) is 0 Å². The Hall–Kier alpha value is -2.01. The van der Waals surface area contributed by atoms with Crippen LogP contribution in [0, 0.1) is 5.82 Å². The van der Waals surface area contributed by atoms with Crippen LogP contribution in [0.2, 0.25) is 0 Å². The normalized spacial score (nSPS) is 19.4. The van der Waals surface area contributed by atoms with Crippen LogP contribution in [0.1, 0.15) is 18.4 Å². The number of likely N-dealkylation sites (tertiary alicyclic amines) is 1. The van der Waals surface area contributed by atoms with E-state index in [0.717, 1.165) is 11.1 Å². The summed E-state index contributed by atoms with van der Waals surface area (Å²) in [6.45, 7) is 1.62. The third-order valence-corrected chi connectivity index (χ3v) is 6.54. The summed E-state index contributed by atoms with van der Waals surface area (Å²) in [5, 5.41) is 0. The summed E-state index contributed by atoms with van der Waals surface area (Å²) in [6.07, 6.45) is -5.33. The zero-order chi connectivity index (χ0) is 22.6. The highest BCUT2D eigenvalue weighted by atomic mass is 32.3. The first-order valence-corrected chi connectivity index (χ1v) is 11.4. The molecule has 0 aliphatic carbocycles. The Morgan fingerprint density at radius 2 is 1.94 bits per heavy atom. The fourth-order valence-corrected chi connectivity index (χ4v) is 4.91. The highest BCUT2D eigenvalue weighted by Gasteiger charge is 2.34. The summed E-state index contributed by atoms with van der Waals surface area (Å²) in [6, 6.07) is 11.4. The predicted molar refractivity (Wildman–Crippen MR) is 110 cm³/mol. The molecule has 2 aromatic rings. The molecule has 170 valence electrons. The minimum atomic E-state index is -4.50. The largest absolute Gasteiger partial charge is 0.598 e. The van der Waals surface area contributed by atoms with Crippen LogP contribution in [0.15, 0.2) is 42.5 Å². The molecular weight excluding hydrogens is 436 g/mol. The zero-order valence-corrected chi connectivity index (χ0v) is 17.8.